The summed E-state index contributed by atoms with van der Waals surface area (Å²) < 4.78 is 4.69. The van der Waals surface area contributed by atoms with E-state index in [1.807, 2.05) is 13.8 Å². The molecule has 19 heavy (non-hydrogen) atoms. The summed E-state index contributed by atoms with van der Waals surface area (Å²) in [6.45, 7) is 5.79. The first-order valence-electron chi connectivity index (χ1n) is 6.28. The van der Waals surface area contributed by atoms with Gasteiger partial charge in [0.25, 0.3) is 0 Å². The molecule has 0 aliphatic carbocycles. The minimum Gasteiger partial charge on any atom is -0.463 e. The predicted octanol–water partition coefficient (Wildman–Crippen LogP) is 0.512. The highest BCUT2D eigenvalue weighted by Crippen LogP contribution is 2.01. The number of primary amides is 1. The Kier molecular flexibility index (Phi) is 8.24. The van der Waals surface area contributed by atoms with Crippen LogP contribution in [-0.4, -0.2) is 30.4 Å². The van der Waals surface area contributed by atoms with E-state index in [1.165, 1.54) is 12.2 Å². The molecule has 6 nitrogen and oxygen atoms in total. The average Bonchev–Trinajstić information content (AvgIpc) is 2.26. The van der Waals surface area contributed by atoms with Crippen LogP contribution in [0.1, 0.15) is 33.6 Å². The Morgan fingerprint density at radius 2 is 1.95 bits per heavy atom. The fourth-order valence-electron chi connectivity index (χ4n) is 1.36. The predicted molar refractivity (Wildman–Crippen MR) is 71.0 cm³/mol. The first-order valence-corrected chi connectivity index (χ1v) is 6.28. The summed E-state index contributed by atoms with van der Waals surface area (Å²) in [5, 5.41) is 2.54. The van der Waals surface area contributed by atoms with Crippen molar-refractivity contribution in [2.75, 3.05) is 6.61 Å². The third-order valence-corrected chi connectivity index (χ3v) is 2.18. The van der Waals surface area contributed by atoms with E-state index in [-0.39, 0.29) is 24.9 Å². The number of rotatable bonds is 8. The summed E-state index contributed by atoms with van der Waals surface area (Å²) in [6.07, 6.45) is 3.17. The number of hydrogen-bond donors (Lipinski definition) is 2. The smallest absolute Gasteiger partial charge is 0.330 e. The lowest BCUT2D eigenvalue weighted by Gasteiger charge is -2.14. The molecule has 0 bridgehead atoms. The van der Waals surface area contributed by atoms with E-state index in [4.69, 9.17) is 5.73 Å². The molecule has 0 aliphatic heterocycles. The summed E-state index contributed by atoms with van der Waals surface area (Å²) in [7, 11) is 0. The molecule has 0 saturated carbocycles. The van der Waals surface area contributed by atoms with Gasteiger partial charge in [-0.2, -0.15) is 0 Å². The Labute approximate surface area is 113 Å². The molecule has 0 spiro atoms. The number of amides is 2. The van der Waals surface area contributed by atoms with Gasteiger partial charge in [-0.1, -0.05) is 19.9 Å². The van der Waals surface area contributed by atoms with Crippen LogP contribution in [0.4, 0.5) is 0 Å². The Hall–Kier alpha value is -1.85. The van der Waals surface area contributed by atoms with E-state index in [9.17, 15) is 14.4 Å². The van der Waals surface area contributed by atoms with Crippen LogP contribution in [0.5, 0.6) is 0 Å². The minimum absolute atomic E-state index is 0.165. The lowest BCUT2D eigenvalue weighted by atomic mass is 10.1. The molecular weight excluding hydrogens is 248 g/mol. The molecule has 0 aliphatic rings. The Morgan fingerprint density at radius 3 is 2.42 bits per heavy atom. The normalized spacial score (nSPS) is 12.4. The fourth-order valence-corrected chi connectivity index (χ4v) is 1.36. The third kappa shape index (κ3) is 8.82. The number of nitrogens with two attached hydrogens (primary N) is 1. The molecule has 0 radical (unpaired) electrons. The van der Waals surface area contributed by atoms with Gasteiger partial charge < -0.3 is 15.8 Å². The van der Waals surface area contributed by atoms with Crippen LogP contribution in [0.3, 0.4) is 0 Å². The maximum atomic E-state index is 11.5. The van der Waals surface area contributed by atoms with Crippen LogP contribution < -0.4 is 11.1 Å². The maximum Gasteiger partial charge on any atom is 0.330 e. The number of esters is 1. The molecule has 0 saturated heterocycles. The highest BCUT2D eigenvalue weighted by atomic mass is 16.5. The van der Waals surface area contributed by atoms with Crippen molar-refractivity contribution in [3.63, 3.8) is 0 Å². The van der Waals surface area contributed by atoms with Gasteiger partial charge in [0.05, 0.1) is 6.61 Å². The van der Waals surface area contributed by atoms with Crippen LogP contribution >= 0.6 is 0 Å². The number of ether oxygens (including phenoxy) is 1. The van der Waals surface area contributed by atoms with Crippen molar-refractivity contribution in [2.45, 2.75) is 39.7 Å². The van der Waals surface area contributed by atoms with E-state index in [1.54, 1.807) is 6.92 Å². The van der Waals surface area contributed by atoms with Crippen molar-refractivity contribution >= 4 is 17.8 Å². The molecule has 0 unspecified atom stereocenters. The molecule has 0 aromatic heterocycles. The van der Waals surface area contributed by atoms with Gasteiger partial charge in [0.1, 0.15) is 6.04 Å². The van der Waals surface area contributed by atoms with Gasteiger partial charge >= 0.3 is 5.97 Å². The molecule has 0 rings (SSSR count). The van der Waals surface area contributed by atoms with Crippen molar-refractivity contribution in [3.05, 3.63) is 12.2 Å². The van der Waals surface area contributed by atoms with E-state index in [0.717, 1.165) is 0 Å². The first kappa shape index (κ1) is 17.2. The zero-order valence-corrected chi connectivity index (χ0v) is 11.6. The Balaban J connectivity index is 4.31. The maximum absolute atomic E-state index is 11.5. The monoisotopic (exact) mass is 270 g/mol. The lowest BCUT2D eigenvalue weighted by molar-refractivity contribution is -0.137. The van der Waals surface area contributed by atoms with Crippen LogP contribution in [-0.2, 0) is 19.1 Å². The molecule has 2 amide bonds. The molecule has 1 atom stereocenters. The van der Waals surface area contributed by atoms with Crippen LogP contribution in [0.2, 0.25) is 0 Å². The zero-order valence-electron chi connectivity index (χ0n) is 11.6. The summed E-state index contributed by atoms with van der Waals surface area (Å²) in [4.78, 5) is 33.8. The lowest BCUT2D eigenvalue weighted by Crippen LogP contribution is -2.44. The van der Waals surface area contributed by atoms with Gasteiger partial charge in [-0.25, -0.2) is 4.79 Å². The fraction of sp³-hybridized carbons (Fsp3) is 0.615. The van der Waals surface area contributed by atoms with Gasteiger partial charge in [-0.3, -0.25) is 9.59 Å². The molecule has 0 heterocycles. The highest BCUT2D eigenvalue weighted by molar-refractivity contribution is 5.87. The molecule has 0 aromatic rings. The second-order valence-corrected chi connectivity index (χ2v) is 4.51. The molecule has 108 valence electrons. The number of carbonyl (C=O) groups is 3. The summed E-state index contributed by atoms with van der Waals surface area (Å²) >= 11 is 0. The van der Waals surface area contributed by atoms with Gasteiger partial charge in [-0.05, 0) is 19.3 Å². The summed E-state index contributed by atoms with van der Waals surface area (Å²) in [6, 6.07) is -0.808. The van der Waals surface area contributed by atoms with Crippen LogP contribution in [0.15, 0.2) is 12.2 Å². The quantitative estimate of drug-likeness (QED) is 0.496. The van der Waals surface area contributed by atoms with Gasteiger partial charge in [0, 0.05) is 12.5 Å². The van der Waals surface area contributed by atoms with E-state index in [0.29, 0.717) is 6.42 Å². The van der Waals surface area contributed by atoms with Crippen molar-refractivity contribution in [1.82, 2.24) is 5.32 Å². The summed E-state index contributed by atoms with van der Waals surface area (Å²) in [5.41, 5.74) is 5.19. The van der Waals surface area contributed by atoms with Crippen molar-refractivity contribution < 1.29 is 19.1 Å². The topological polar surface area (TPSA) is 98.5 Å². The largest absolute Gasteiger partial charge is 0.463 e. The third-order valence-electron chi connectivity index (χ3n) is 2.18. The van der Waals surface area contributed by atoms with E-state index in [2.05, 4.69) is 10.1 Å². The molecular formula is C13H22N2O4. The highest BCUT2D eigenvalue weighted by Gasteiger charge is 2.17. The average molecular weight is 270 g/mol. The molecule has 6 heteroatoms. The van der Waals surface area contributed by atoms with Crippen molar-refractivity contribution in [1.29, 1.82) is 0 Å². The standard InChI is InChI=1S/C13H22N2O4/c1-4-19-12(17)7-5-6-10(13(14)18)15-11(16)8-9(2)3/h5,7,9-10H,4,6,8H2,1-3H3,(H2,14,18)(H,15,16)/b7-5+/t10-/m0/s1. The van der Waals surface area contributed by atoms with Gasteiger partial charge in [0.15, 0.2) is 0 Å². The first-order chi connectivity index (χ1) is 8.86. The SMILES string of the molecule is CCOC(=O)/C=C/C[C@H](NC(=O)CC(C)C)C(N)=O. The summed E-state index contributed by atoms with van der Waals surface area (Å²) in [5.74, 6) is -1.16. The Morgan fingerprint density at radius 1 is 1.32 bits per heavy atom. The molecule has 0 fully saturated rings. The zero-order chi connectivity index (χ0) is 14.8. The Bertz CT molecular complexity index is 351. The van der Waals surface area contributed by atoms with E-state index >= 15 is 0 Å². The molecule has 3 N–H and O–H groups in total. The second kappa shape index (κ2) is 9.13. The second-order valence-electron chi connectivity index (χ2n) is 4.51. The van der Waals surface area contributed by atoms with Gasteiger partial charge in [-0.15, -0.1) is 0 Å². The van der Waals surface area contributed by atoms with Crippen LogP contribution in [0.25, 0.3) is 0 Å². The van der Waals surface area contributed by atoms with Crippen molar-refractivity contribution in [3.8, 4) is 0 Å². The number of nitrogens with one attached hydrogen (secondary N) is 1. The van der Waals surface area contributed by atoms with Crippen molar-refractivity contribution in [2.24, 2.45) is 11.7 Å². The van der Waals surface area contributed by atoms with Crippen LogP contribution in [0, 0.1) is 5.92 Å². The van der Waals surface area contributed by atoms with E-state index < -0.39 is 17.9 Å². The number of carbonyl (C=O) groups excluding carboxylic acids is 3. The van der Waals surface area contributed by atoms with Gasteiger partial charge in [0.2, 0.25) is 11.8 Å². The molecule has 0 aromatic carbocycles. The number of hydrogen-bond acceptors (Lipinski definition) is 4. The minimum atomic E-state index is -0.808.